The van der Waals surface area contributed by atoms with E-state index < -0.39 is 5.82 Å². The summed E-state index contributed by atoms with van der Waals surface area (Å²) >= 11 is 5.81. The quantitative estimate of drug-likeness (QED) is 0.836. The Morgan fingerprint density at radius 3 is 2.96 bits per heavy atom. The Morgan fingerprint density at radius 2 is 2.22 bits per heavy atom. The number of ether oxygens (including phenoxy) is 1. The first-order chi connectivity index (χ1) is 11.0. The highest BCUT2D eigenvalue weighted by atomic mass is 35.5. The van der Waals surface area contributed by atoms with E-state index in [1.165, 1.54) is 25.3 Å². The summed E-state index contributed by atoms with van der Waals surface area (Å²) in [6.07, 6.45) is 3.09. The topological polar surface area (TPSA) is 58.6 Å². The number of hydrogen-bond donors (Lipinski definition) is 1. The Balaban J connectivity index is 1.96. The zero-order chi connectivity index (χ0) is 16.8. The number of halogens is 2. The molecule has 1 saturated heterocycles. The molecule has 5 nitrogen and oxygen atoms in total. The van der Waals surface area contributed by atoms with Gasteiger partial charge in [0.25, 0.3) is 0 Å². The fraction of sp³-hybridized carbons (Fsp3) is 0.500. The molecular formula is C16H20ClFN2O3. The Hall–Kier alpha value is -1.66. The van der Waals surface area contributed by atoms with Crippen molar-refractivity contribution in [1.29, 1.82) is 0 Å². The van der Waals surface area contributed by atoms with E-state index >= 15 is 0 Å². The molecule has 1 atom stereocenters. The van der Waals surface area contributed by atoms with Gasteiger partial charge in [-0.2, -0.15) is 0 Å². The molecule has 2 rings (SSSR count). The maximum atomic E-state index is 13.7. The average molecular weight is 343 g/mol. The summed E-state index contributed by atoms with van der Waals surface area (Å²) in [5.41, 5.74) is 0.0593. The first-order valence-electron chi connectivity index (χ1n) is 7.55. The number of carbonyl (C=O) groups is 2. The fourth-order valence-corrected chi connectivity index (χ4v) is 2.91. The number of likely N-dealkylation sites (tertiary alicyclic amines) is 1. The number of hydrogen-bond acceptors (Lipinski definition) is 4. The van der Waals surface area contributed by atoms with Crippen LogP contribution in [0.4, 0.5) is 10.1 Å². The number of amides is 1. The monoisotopic (exact) mass is 342 g/mol. The van der Waals surface area contributed by atoms with Gasteiger partial charge < -0.3 is 10.1 Å². The number of carbonyl (C=O) groups excluding carboxylic acids is 2. The van der Waals surface area contributed by atoms with Crippen molar-refractivity contribution >= 4 is 29.2 Å². The van der Waals surface area contributed by atoms with E-state index in [0.717, 1.165) is 25.8 Å². The van der Waals surface area contributed by atoms with E-state index in [1.54, 1.807) is 0 Å². The highest BCUT2D eigenvalue weighted by Crippen LogP contribution is 2.22. The third kappa shape index (κ3) is 5.18. The van der Waals surface area contributed by atoms with Crippen LogP contribution in [0.15, 0.2) is 18.2 Å². The third-order valence-electron chi connectivity index (χ3n) is 3.93. The standard InChI is InChI=1S/C16H20ClFN2O3/c1-23-16(22)9-12-4-2-3-7-20(12)10-15(21)19-14-8-11(17)5-6-13(14)18/h5-6,8,12H,2-4,7,9-10H2,1H3,(H,19,21)/t12-/m1/s1. The lowest BCUT2D eigenvalue weighted by Crippen LogP contribution is -2.45. The van der Waals surface area contributed by atoms with Crippen LogP contribution in [0.5, 0.6) is 0 Å². The lowest BCUT2D eigenvalue weighted by atomic mass is 9.99. The van der Waals surface area contributed by atoms with Crippen LogP contribution >= 0.6 is 11.6 Å². The molecule has 1 heterocycles. The van der Waals surface area contributed by atoms with Crippen LogP contribution in [0.25, 0.3) is 0 Å². The van der Waals surface area contributed by atoms with Crippen LogP contribution in [-0.2, 0) is 14.3 Å². The summed E-state index contributed by atoms with van der Waals surface area (Å²) in [4.78, 5) is 25.6. The van der Waals surface area contributed by atoms with Gasteiger partial charge in [-0.25, -0.2) is 4.39 Å². The predicted octanol–water partition coefficient (Wildman–Crippen LogP) is 2.84. The molecule has 1 N–H and O–H groups in total. The maximum Gasteiger partial charge on any atom is 0.307 e. The maximum absolute atomic E-state index is 13.7. The average Bonchev–Trinajstić information content (AvgIpc) is 2.52. The minimum absolute atomic E-state index is 0.0221. The van der Waals surface area contributed by atoms with Crippen LogP contribution in [-0.4, -0.2) is 43.0 Å². The van der Waals surface area contributed by atoms with E-state index in [-0.39, 0.29) is 36.6 Å². The fourth-order valence-electron chi connectivity index (χ4n) is 2.74. The van der Waals surface area contributed by atoms with Crippen LogP contribution in [0, 0.1) is 5.82 Å². The van der Waals surface area contributed by atoms with Gasteiger partial charge in [0, 0.05) is 11.1 Å². The summed E-state index contributed by atoms with van der Waals surface area (Å²) in [5.74, 6) is -1.15. The summed E-state index contributed by atoms with van der Waals surface area (Å²) in [6.45, 7) is 0.834. The molecule has 0 aliphatic carbocycles. The largest absolute Gasteiger partial charge is 0.469 e. The summed E-state index contributed by atoms with van der Waals surface area (Å²) in [6, 6.07) is 3.98. The number of methoxy groups -OCH3 is 1. The smallest absolute Gasteiger partial charge is 0.307 e. The second-order valence-electron chi connectivity index (χ2n) is 5.57. The van der Waals surface area contributed by atoms with Crippen molar-refractivity contribution in [3.63, 3.8) is 0 Å². The normalized spacial score (nSPS) is 18.5. The highest BCUT2D eigenvalue weighted by molar-refractivity contribution is 6.30. The zero-order valence-corrected chi connectivity index (χ0v) is 13.7. The van der Waals surface area contributed by atoms with Gasteiger partial charge >= 0.3 is 5.97 Å². The van der Waals surface area contributed by atoms with Crippen molar-refractivity contribution in [3.8, 4) is 0 Å². The molecule has 0 aromatic heterocycles. The third-order valence-corrected chi connectivity index (χ3v) is 4.16. The Labute approximate surface area is 139 Å². The number of benzene rings is 1. The van der Waals surface area contributed by atoms with Gasteiger partial charge in [-0.3, -0.25) is 14.5 Å². The summed E-state index contributed by atoms with van der Waals surface area (Å²) < 4.78 is 18.4. The lowest BCUT2D eigenvalue weighted by Gasteiger charge is -2.34. The van der Waals surface area contributed by atoms with Crippen molar-refractivity contribution in [3.05, 3.63) is 29.0 Å². The second kappa shape index (κ2) is 8.26. The number of nitrogens with one attached hydrogen (secondary N) is 1. The molecule has 1 aliphatic heterocycles. The minimum Gasteiger partial charge on any atom is -0.469 e. The van der Waals surface area contributed by atoms with Gasteiger partial charge in [0.15, 0.2) is 0 Å². The molecule has 0 unspecified atom stereocenters. The van der Waals surface area contributed by atoms with Crippen molar-refractivity contribution < 1.29 is 18.7 Å². The van der Waals surface area contributed by atoms with Crippen LogP contribution in [0.1, 0.15) is 25.7 Å². The first-order valence-corrected chi connectivity index (χ1v) is 7.93. The first kappa shape index (κ1) is 17.7. The van der Waals surface area contributed by atoms with E-state index in [9.17, 15) is 14.0 Å². The lowest BCUT2D eigenvalue weighted by molar-refractivity contribution is -0.142. The van der Waals surface area contributed by atoms with E-state index in [1.807, 2.05) is 4.90 Å². The van der Waals surface area contributed by atoms with E-state index in [2.05, 4.69) is 5.32 Å². The van der Waals surface area contributed by atoms with Crippen LogP contribution < -0.4 is 5.32 Å². The van der Waals surface area contributed by atoms with Crippen molar-refractivity contribution in [2.75, 3.05) is 25.5 Å². The van der Waals surface area contributed by atoms with Crippen molar-refractivity contribution in [2.45, 2.75) is 31.7 Å². The molecule has 23 heavy (non-hydrogen) atoms. The van der Waals surface area contributed by atoms with Gasteiger partial charge in [-0.05, 0) is 37.6 Å². The number of esters is 1. The summed E-state index contributed by atoms with van der Waals surface area (Å²) in [7, 11) is 1.35. The Morgan fingerprint density at radius 1 is 1.43 bits per heavy atom. The molecule has 0 radical (unpaired) electrons. The number of anilines is 1. The van der Waals surface area contributed by atoms with Gasteiger partial charge in [0.2, 0.25) is 5.91 Å². The van der Waals surface area contributed by atoms with Crippen LogP contribution in [0.3, 0.4) is 0 Å². The SMILES string of the molecule is COC(=O)C[C@H]1CCCCN1CC(=O)Nc1cc(Cl)ccc1F. The molecule has 0 bridgehead atoms. The van der Waals surface area contributed by atoms with Gasteiger partial charge in [-0.1, -0.05) is 18.0 Å². The van der Waals surface area contributed by atoms with Crippen LogP contribution in [0.2, 0.25) is 5.02 Å². The number of piperidine rings is 1. The molecule has 1 aromatic rings. The minimum atomic E-state index is -0.535. The Kier molecular flexibility index (Phi) is 6.36. The molecule has 0 saturated carbocycles. The molecule has 1 amide bonds. The molecular weight excluding hydrogens is 323 g/mol. The van der Waals surface area contributed by atoms with Crippen molar-refractivity contribution in [2.24, 2.45) is 0 Å². The Bertz CT molecular complexity index is 582. The number of nitrogens with zero attached hydrogens (tertiary/aromatic N) is 1. The molecule has 1 aromatic carbocycles. The van der Waals surface area contributed by atoms with Gasteiger partial charge in [0.05, 0.1) is 25.8 Å². The molecule has 7 heteroatoms. The number of rotatable bonds is 5. The highest BCUT2D eigenvalue weighted by Gasteiger charge is 2.26. The second-order valence-corrected chi connectivity index (χ2v) is 6.01. The van der Waals surface area contributed by atoms with E-state index in [0.29, 0.717) is 5.02 Å². The predicted molar refractivity (Wildman–Crippen MR) is 85.9 cm³/mol. The molecule has 1 fully saturated rings. The molecule has 1 aliphatic rings. The molecule has 0 spiro atoms. The van der Waals surface area contributed by atoms with Gasteiger partial charge in [0.1, 0.15) is 5.82 Å². The van der Waals surface area contributed by atoms with E-state index in [4.69, 9.17) is 16.3 Å². The summed E-state index contributed by atoms with van der Waals surface area (Å²) in [5, 5.41) is 2.88. The zero-order valence-electron chi connectivity index (χ0n) is 13.0. The molecule has 126 valence electrons. The van der Waals surface area contributed by atoms with Gasteiger partial charge in [-0.15, -0.1) is 0 Å². The van der Waals surface area contributed by atoms with Crippen molar-refractivity contribution in [1.82, 2.24) is 4.90 Å².